The van der Waals surface area contributed by atoms with Crippen LogP contribution in [0.5, 0.6) is 0 Å². The number of Topliss-reactive ketones (excluding diaryl/α,β-unsaturated/α-hetero) is 1. The summed E-state index contributed by atoms with van der Waals surface area (Å²) in [4.78, 5) is 16.5. The lowest BCUT2D eigenvalue weighted by atomic mass is 10.0. The molecule has 1 aromatic carbocycles. The molecule has 28 heavy (non-hydrogen) atoms. The monoisotopic (exact) mass is 482 g/mol. The van der Waals surface area contributed by atoms with E-state index in [0.29, 0.717) is 23.0 Å². The maximum absolute atomic E-state index is 12.6. The van der Waals surface area contributed by atoms with Crippen molar-refractivity contribution in [3.63, 3.8) is 0 Å². The minimum absolute atomic E-state index is 0.101. The second-order valence-electron chi connectivity index (χ2n) is 5.54. The van der Waals surface area contributed by atoms with Crippen molar-refractivity contribution in [3.8, 4) is 27.8 Å². The van der Waals surface area contributed by atoms with Crippen molar-refractivity contribution in [3.05, 3.63) is 57.9 Å². The molecular formula is C19H10BrF3N2OS2. The standard InChI is InChI=1S/C19H10BrF3N2OS2/c20-12-5-3-11(4-6-12)13-8-15(16-2-1-7-27-16)25-18(14(13)9-24)28-10-17(26)19(21,22)23/h1-8H,10H2. The second-order valence-corrected chi connectivity index (χ2v) is 8.37. The number of nitrogens with zero attached hydrogens (tertiary/aromatic N) is 2. The molecule has 9 heteroatoms. The number of halogens is 4. The lowest BCUT2D eigenvalue weighted by molar-refractivity contribution is -0.167. The van der Waals surface area contributed by atoms with E-state index in [1.165, 1.54) is 11.3 Å². The molecule has 0 aliphatic rings. The van der Waals surface area contributed by atoms with Gasteiger partial charge in [-0.15, -0.1) is 11.3 Å². The average Bonchev–Trinajstić information content (AvgIpc) is 3.20. The molecule has 0 aliphatic carbocycles. The van der Waals surface area contributed by atoms with Crippen LogP contribution in [0, 0.1) is 11.3 Å². The Hall–Kier alpha value is -2.15. The maximum Gasteiger partial charge on any atom is 0.450 e. The zero-order chi connectivity index (χ0) is 20.3. The molecule has 2 aromatic heterocycles. The molecule has 0 spiro atoms. The van der Waals surface area contributed by atoms with Gasteiger partial charge in [0, 0.05) is 10.0 Å². The highest BCUT2D eigenvalue weighted by atomic mass is 79.9. The Labute approximate surface area is 175 Å². The highest BCUT2D eigenvalue weighted by molar-refractivity contribution is 9.10. The molecule has 0 fully saturated rings. The molecule has 0 saturated heterocycles. The summed E-state index contributed by atoms with van der Waals surface area (Å²) in [6, 6.07) is 14.6. The average molecular weight is 483 g/mol. The Morgan fingerprint density at radius 2 is 1.96 bits per heavy atom. The summed E-state index contributed by atoms with van der Waals surface area (Å²) in [5.74, 6) is -2.70. The van der Waals surface area contributed by atoms with E-state index in [1.807, 2.05) is 35.7 Å². The first kappa shape index (κ1) is 20.6. The van der Waals surface area contributed by atoms with E-state index in [-0.39, 0.29) is 10.6 Å². The summed E-state index contributed by atoms with van der Waals surface area (Å²) in [6.07, 6.45) is -4.92. The van der Waals surface area contributed by atoms with E-state index in [1.54, 1.807) is 18.2 Å². The number of thiophene rings is 1. The van der Waals surface area contributed by atoms with E-state index >= 15 is 0 Å². The topological polar surface area (TPSA) is 53.8 Å². The molecule has 3 rings (SSSR count). The van der Waals surface area contributed by atoms with Gasteiger partial charge < -0.3 is 0 Å². The smallest absolute Gasteiger partial charge is 0.289 e. The van der Waals surface area contributed by atoms with Crippen molar-refractivity contribution >= 4 is 44.8 Å². The van der Waals surface area contributed by atoms with Gasteiger partial charge in [-0.05, 0) is 35.2 Å². The van der Waals surface area contributed by atoms with Crippen molar-refractivity contribution in [2.45, 2.75) is 11.2 Å². The number of nitriles is 1. The van der Waals surface area contributed by atoms with E-state index in [9.17, 15) is 23.2 Å². The molecule has 0 saturated carbocycles. The van der Waals surface area contributed by atoms with E-state index in [4.69, 9.17) is 0 Å². The van der Waals surface area contributed by atoms with Gasteiger partial charge >= 0.3 is 6.18 Å². The fourth-order valence-corrected chi connectivity index (χ4v) is 4.20. The first-order chi connectivity index (χ1) is 13.3. The molecule has 0 atom stereocenters. The van der Waals surface area contributed by atoms with Crippen LogP contribution in [0.2, 0.25) is 0 Å². The number of carbonyl (C=O) groups excluding carboxylic acids is 1. The van der Waals surface area contributed by atoms with Crippen LogP contribution in [-0.2, 0) is 4.79 Å². The van der Waals surface area contributed by atoms with Crippen molar-refractivity contribution in [1.29, 1.82) is 5.26 Å². The van der Waals surface area contributed by atoms with Crippen LogP contribution >= 0.6 is 39.0 Å². The van der Waals surface area contributed by atoms with Crippen LogP contribution in [0.4, 0.5) is 13.2 Å². The molecule has 3 aromatic rings. The Balaban J connectivity index is 2.10. The van der Waals surface area contributed by atoms with Gasteiger partial charge in [-0.3, -0.25) is 4.79 Å². The molecule has 0 N–H and O–H groups in total. The molecule has 0 aliphatic heterocycles. The van der Waals surface area contributed by atoms with Crippen LogP contribution in [0.15, 0.2) is 57.3 Å². The Bertz CT molecular complexity index is 1040. The fourth-order valence-electron chi connectivity index (χ4n) is 2.36. The number of thioether (sulfide) groups is 1. The van der Waals surface area contributed by atoms with Gasteiger partial charge in [-0.1, -0.05) is 45.9 Å². The minimum Gasteiger partial charge on any atom is -0.289 e. The highest BCUT2D eigenvalue weighted by Crippen LogP contribution is 2.36. The van der Waals surface area contributed by atoms with Crippen molar-refractivity contribution in [1.82, 2.24) is 4.98 Å². The van der Waals surface area contributed by atoms with Gasteiger partial charge in [0.2, 0.25) is 5.78 Å². The molecule has 0 unspecified atom stereocenters. The normalized spacial score (nSPS) is 11.2. The number of benzene rings is 1. The van der Waals surface area contributed by atoms with Crippen LogP contribution in [-0.4, -0.2) is 22.7 Å². The molecule has 0 bridgehead atoms. The Kier molecular flexibility index (Phi) is 6.23. The molecule has 142 valence electrons. The fraction of sp³-hybridized carbons (Fsp3) is 0.105. The first-order valence-electron chi connectivity index (χ1n) is 7.77. The quantitative estimate of drug-likeness (QED) is 0.398. The summed E-state index contributed by atoms with van der Waals surface area (Å²) in [7, 11) is 0. The number of hydrogen-bond acceptors (Lipinski definition) is 5. The Morgan fingerprint density at radius 1 is 1.25 bits per heavy atom. The van der Waals surface area contributed by atoms with Crippen LogP contribution in [0.25, 0.3) is 21.7 Å². The van der Waals surface area contributed by atoms with Gasteiger partial charge in [0.15, 0.2) is 0 Å². The molecular weight excluding hydrogens is 473 g/mol. The number of ketones is 1. The largest absolute Gasteiger partial charge is 0.450 e. The van der Waals surface area contributed by atoms with Crippen molar-refractivity contribution in [2.75, 3.05) is 5.75 Å². The molecule has 2 heterocycles. The van der Waals surface area contributed by atoms with Gasteiger partial charge in [-0.2, -0.15) is 18.4 Å². The third-order valence-electron chi connectivity index (χ3n) is 3.68. The predicted molar refractivity (Wildman–Crippen MR) is 107 cm³/mol. The zero-order valence-corrected chi connectivity index (χ0v) is 17.2. The summed E-state index contributed by atoms with van der Waals surface area (Å²) < 4.78 is 38.6. The third kappa shape index (κ3) is 4.63. The summed E-state index contributed by atoms with van der Waals surface area (Å²) in [6.45, 7) is 0. The number of pyridine rings is 1. The lowest BCUT2D eigenvalue weighted by Crippen LogP contribution is -2.24. The van der Waals surface area contributed by atoms with E-state index in [2.05, 4.69) is 20.9 Å². The summed E-state index contributed by atoms with van der Waals surface area (Å²) in [5.41, 5.74) is 1.95. The van der Waals surface area contributed by atoms with Crippen LogP contribution < -0.4 is 0 Å². The maximum atomic E-state index is 12.6. The summed E-state index contributed by atoms with van der Waals surface area (Å²) in [5, 5.41) is 11.6. The highest BCUT2D eigenvalue weighted by Gasteiger charge is 2.38. The van der Waals surface area contributed by atoms with Crippen LogP contribution in [0.3, 0.4) is 0 Å². The van der Waals surface area contributed by atoms with Crippen LogP contribution in [0.1, 0.15) is 5.56 Å². The van der Waals surface area contributed by atoms with E-state index in [0.717, 1.165) is 14.9 Å². The predicted octanol–water partition coefficient (Wildman–Crippen LogP) is 6.33. The van der Waals surface area contributed by atoms with Crippen molar-refractivity contribution in [2.24, 2.45) is 0 Å². The van der Waals surface area contributed by atoms with Gasteiger partial charge in [0.1, 0.15) is 11.1 Å². The number of rotatable bonds is 5. The lowest BCUT2D eigenvalue weighted by Gasteiger charge is -2.12. The summed E-state index contributed by atoms with van der Waals surface area (Å²) >= 11 is 5.40. The van der Waals surface area contributed by atoms with Gasteiger partial charge in [0.05, 0.1) is 21.9 Å². The Morgan fingerprint density at radius 3 is 2.54 bits per heavy atom. The molecule has 3 nitrogen and oxygen atoms in total. The number of alkyl halides is 3. The number of hydrogen-bond donors (Lipinski definition) is 0. The molecule has 0 amide bonds. The first-order valence-corrected chi connectivity index (χ1v) is 10.4. The SMILES string of the molecule is N#Cc1c(-c2ccc(Br)cc2)cc(-c2cccs2)nc1SCC(=O)C(F)(F)F. The van der Waals surface area contributed by atoms with E-state index < -0.39 is 17.7 Å². The van der Waals surface area contributed by atoms with Gasteiger partial charge in [-0.25, -0.2) is 4.98 Å². The van der Waals surface area contributed by atoms with Gasteiger partial charge in [0.25, 0.3) is 0 Å². The third-order valence-corrected chi connectivity index (χ3v) is 6.08. The zero-order valence-electron chi connectivity index (χ0n) is 14.0. The second kappa shape index (κ2) is 8.47. The minimum atomic E-state index is -4.92. The molecule has 0 radical (unpaired) electrons. The number of aromatic nitrogens is 1. The van der Waals surface area contributed by atoms with Crippen molar-refractivity contribution < 1.29 is 18.0 Å². The number of carbonyl (C=O) groups is 1.